The molecule has 0 amide bonds. The fourth-order valence-corrected chi connectivity index (χ4v) is 1.73. The second-order valence-corrected chi connectivity index (χ2v) is 4.34. The molecule has 0 fully saturated rings. The van der Waals surface area contributed by atoms with E-state index in [1.807, 2.05) is 18.2 Å². The van der Waals surface area contributed by atoms with Gasteiger partial charge in [0.05, 0.1) is 11.9 Å². The number of hydrogen-bond donors (Lipinski definition) is 2. The van der Waals surface area contributed by atoms with Gasteiger partial charge in [0.1, 0.15) is 5.82 Å². The number of anilines is 3. The molecule has 0 bridgehead atoms. The van der Waals surface area contributed by atoms with Gasteiger partial charge in [-0.25, -0.2) is 4.98 Å². The normalized spacial score (nSPS) is 10.5. The van der Waals surface area contributed by atoms with E-state index in [0.29, 0.717) is 11.6 Å². The lowest BCUT2D eigenvalue weighted by molar-refractivity contribution is 0.869. The van der Waals surface area contributed by atoms with Crippen LogP contribution in [0.4, 0.5) is 17.2 Å². The maximum Gasteiger partial charge on any atom is 0.130 e. The molecule has 0 saturated heterocycles. The summed E-state index contributed by atoms with van der Waals surface area (Å²) in [5.41, 5.74) is 8.66. The van der Waals surface area contributed by atoms with Crippen molar-refractivity contribution in [3.05, 3.63) is 48.2 Å². The van der Waals surface area contributed by atoms with Crippen molar-refractivity contribution >= 4 is 17.2 Å². The maximum absolute atomic E-state index is 5.61. The number of para-hydroxylation sites is 1. The van der Waals surface area contributed by atoms with E-state index in [9.17, 15) is 0 Å². The Morgan fingerprint density at radius 2 is 1.88 bits per heavy atom. The van der Waals surface area contributed by atoms with Gasteiger partial charge >= 0.3 is 0 Å². The zero-order valence-electron chi connectivity index (χ0n) is 10.1. The minimum atomic E-state index is 0.479. The van der Waals surface area contributed by atoms with Crippen LogP contribution in [0.15, 0.2) is 42.6 Å². The van der Waals surface area contributed by atoms with E-state index in [-0.39, 0.29) is 0 Å². The van der Waals surface area contributed by atoms with Gasteiger partial charge in [0.25, 0.3) is 0 Å². The lowest BCUT2D eigenvalue weighted by Gasteiger charge is -2.13. The van der Waals surface area contributed by atoms with Crippen molar-refractivity contribution in [1.82, 2.24) is 4.98 Å². The molecule has 0 aliphatic carbocycles. The summed E-state index contributed by atoms with van der Waals surface area (Å²) in [6.07, 6.45) is 1.65. The highest BCUT2D eigenvalue weighted by Gasteiger charge is 2.05. The predicted molar refractivity (Wildman–Crippen MR) is 72.5 cm³/mol. The minimum absolute atomic E-state index is 0.479. The second kappa shape index (κ2) is 4.87. The van der Waals surface area contributed by atoms with Crippen LogP contribution in [-0.4, -0.2) is 4.98 Å². The van der Waals surface area contributed by atoms with Gasteiger partial charge < -0.3 is 11.1 Å². The van der Waals surface area contributed by atoms with Crippen LogP contribution in [0.3, 0.4) is 0 Å². The Hall–Kier alpha value is -2.03. The van der Waals surface area contributed by atoms with Gasteiger partial charge in [-0.1, -0.05) is 32.0 Å². The van der Waals surface area contributed by atoms with Crippen LogP contribution >= 0.6 is 0 Å². The molecule has 0 saturated carbocycles. The van der Waals surface area contributed by atoms with Gasteiger partial charge in [-0.3, -0.25) is 0 Å². The van der Waals surface area contributed by atoms with Crippen molar-refractivity contribution < 1.29 is 0 Å². The molecule has 3 nitrogen and oxygen atoms in total. The Kier molecular flexibility index (Phi) is 3.28. The summed E-state index contributed by atoms with van der Waals surface area (Å²) in [6.45, 7) is 4.36. The van der Waals surface area contributed by atoms with Crippen molar-refractivity contribution in [2.45, 2.75) is 19.8 Å². The van der Waals surface area contributed by atoms with E-state index in [1.165, 1.54) is 5.56 Å². The van der Waals surface area contributed by atoms with Crippen LogP contribution in [0.2, 0.25) is 0 Å². The Morgan fingerprint density at radius 1 is 1.12 bits per heavy atom. The van der Waals surface area contributed by atoms with Crippen molar-refractivity contribution in [2.24, 2.45) is 0 Å². The molecule has 0 aliphatic heterocycles. The average molecular weight is 227 g/mol. The lowest BCUT2D eigenvalue weighted by atomic mass is 10.0. The number of aromatic nitrogens is 1. The summed E-state index contributed by atoms with van der Waals surface area (Å²) in [4.78, 5) is 4.24. The molecule has 17 heavy (non-hydrogen) atoms. The van der Waals surface area contributed by atoms with E-state index in [4.69, 9.17) is 5.73 Å². The number of benzene rings is 1. The van der Waals surface area contributed by atoms with Gasteiger partial charge in [-0.2, -0.15) is 0 Å². The Bertz CT molecular complexity index is 489. The summed E-state index contributed by atoms with van der Waals surface area (Å²) in [6, 6.07) is 12.0. The minimum Gasteiger partial charge on any atom is -0.397 e. The Balaban J connectivity index is 2.26. The average Bonchev–Trinajstić information content (AvgIpc) is 2.32. The maximum atomic E-state index is 5.61. The molecule has 1 heterocycles. The first-order valence-electron chi connectivity index (χ1n) is 5.74. The first-order valence-corrected chi connectivity index (χ1v) is 5.74. The Morgan fingerprint density at radius 3 is 2.53 bits per heavy atom. The summed E-state index contributed by atoms with van der Waals surface area (Å²) < 4.78 is 0. The molecule has 0 spiro atoms. The highest BCUT2D eigenvalue weighted by molar-refractivity contribution is 5.62. The molecule has 0 aliphatic rings. The van der Waals surface area contributed by atoms with Crippen molar-refractivity contribution in [2.75, 3.05) is 11.1 Å². The number of nitrogens with one attached hydrogen (secondary N) is 1. The molecule has 1 aromatic carbocycles. The SMILES string of the molecule is CC(C)c1ccccc1Nc1ccc(N)cn1. The number of nitrogens with zero attached hydrogens (tertiary/aromatic N) is 1. The largest absolute Gasteiger partial charge is 0.397 e. The van der Waals surface area contributed by atoms with E-state index in [1.54, 1.807) is 6.20 Å². The van der Waals surface area contributed by atoms with Crippen LogP contribution in [0, 0.1) is 0 Å². The zero-order valence-corrected chi connectivity index (χ0v) is 10.1. The highest BCUT2D eigenvalue weighted by Crippen LogP contribution is 2.26. The summed E-state index contributed by atoms with van der Waals surface area (Å²) in [5, 5.41) is 3.31. The van der Waals surface area contributed by atoms with Crippen LogP contribution in [0.25, 0.3) is 0 Å². The lowest BCUT2D eigenvalue weighted by Crippen LogP contribution is -1.99. The van der Waals surface area contributed by atoms with Gasteiger partial charge in [0.15, 0.2) is 0 Å². The molecule has 3 N–H and O–H groups in total. The van der Waals surface area contributed by atoms with Crippen LogP contribution in [0.5, 0.6) is 0 Å². The first-order chi connectivity index (χ1) is 8.16. The van der Waals surface area contributed by atoms with E-state index in [0.717, 1.165) is 11.5 Å². The molecule has 0 unspecified atom stereocenters. The van der Waals surface area contributed by atoms with Crippen molar-refractivity contribution in [3.63, 3.8) is 0 Å². The molecule has 0 atom stereocenters. The van der Waals surface area contributed by atoms with Crippen LogP contribution < -0.4 is 11.1 Å². The summed E-state index contributed by atoms with van der Waals surface area (Å²) in [7, 11) is 0. The van der Waals surface area contributed by atoms with Gasteiger partial charge in [0, 0.05) is 5.69 Å². The number of hydrogen-bond acceptors (Lipinski definition) is 3. The van der Waals surface area contributed by atoms with Crippen molar-refractivity contribution in [1.29, 1.82) is 0 Å². The molecular weight excluding hydrogens is 210 g/mol. The predicted octanol–water partition coefficient (Wildman–Crippen LogP) is 3.53. The van der Waals surface area contributed by atoms with E-state index >= 15 is 0 Å². The third-order valence-electron chi connectivity index (χ3n) is 2.63. The standard InChI is InChI=1S/C14H17N3/c1-10(2)12-5-3-4-6-13(12)17-14-8-7-11(15)9-16-14/h3-10H,15H2,1-2H3,(H,16,17). The molecule has 88 valence electrons. The second-order valence-electron chi connectivity index (χ2n) is 4.34. The monoisotopic (exact) mass is 227 g/mol. The first kappa shape index (κ1) is 11.5. The van der Waals surface area contributed by atoms with Crippen LogP contribution in [-0.2, 0) is 0 Å². The fourth-order valence-electron chi connectivity index (χ4n) is 1.73. The highest BCUT2D eigenvalue weighted by atomic mass is 15.0. The van der Waals surface area contributed by atoms with Gasteiger partial charge in [-0.15, -0.1) is 0 Å². The number of rotatable bonds is 3. The molecule has 2 aromatic rings. The van der Waals surface area contributed by atoms with E-state index in [2.05, 4.69) is 42.3 Å². The van der Waals surface area contributed by atoms with E-state index < -0.39 is 0 Å². The third-order valence-corrected chi connectivity index (χ3v) is 2.63. The number of nitrogen functional groups attached to an aromatic ring is 1. The third kappa shape index (κ3) is 2.75. The molecular formula is C14H17N3. The fraction of sp³-hybridized carbons (Fsp3) is 0.214. The number of nitrogens with two attached hydrogens (primary N) is 1. The Labute approximate surface area is 102 Å². The molecule has 3 heteroatoms. The van der Waals surface area contributed by atoms with Crippen LogP contribution in [0.1, 0.15) is 25.3 Å². The molecule has 0 radical (unpaired) electrons. The van der Waals surface area contributed by atoms with Crippen molar-refractivity contribution in [3.8, 4) is 0 Å². The summed E-state index contributed by atoms with van der Waals surface area (Å²) in [5.74, 6) is 1.29. The van der Waals surface area contributed by atoms with Gasteiger partial charge in [-0.05, 0) is 29.7 Å². The smallest absolute Gasteiger partial charge is 0.130 e. The molecule has 2 rings (SSSR count). The quantitative estimate of drug-likeness (QED) is 0.843. The topological polar surface area (TPSA) is 50.9 Å². The zero-order chi connectivity index (χ0) is 12.3. The number of pyridine rings is 1. The summed E-state index contributed by atoms with van der Waals surface area (Å²) >= 11 is 0. The molecule has 1 aromatic heterocycles. The van der Waals surface area contributed by atoms with Gasteiger partial charge in [0.2, 0.25) is 0 Å².